The minimum absolute atomic E-state index is 0.613. The Morgan fingerprint density at radius 3 is 2.20 bits per heavy atom. The van der Waals surface area contributed by atoms with E-state index in [4.69, 9.17) is 10.4 Å². The third kappa shape index (κ3) is 1.73. The van der Waals surface area contributed by atoms with Crippen molar-refractivity contribution in [2.45, 2.75) is 20.8 Å². The van der Waals surface area contributed by atoms with Crippen LogP contribution in [0.1, 0.15) is 20.8 Å². The van der Waals surface area contributed by atoms with Gasteiger partial charge in [0.25, 0.3) is 0 Å². The van der Waals surface area contributed by atoms with E-state index in [1.165, 1.54) is 6.92 Å². The molecule has 0 aromatic heterocycles. The minimum Gasteiger partial charge on any atom is -0.481 e. The summed E-state index contributed by atoms with van der Waals surface area (Å²) in [5.74, 6) is -1.54. The summed E-state index contributed by atoms with van der Waals surface area (Å²) in [6.45, 7) is 4.77. The lowest BCUT2D eigenvalue weighted by molar-refractivity contribution is -0.143. The number of rotatable bonds is 2. The molecule has 0 spiro atoms. The molecule has 0 saturated carbocycles. The molecule has 0 aromatic carbocycles. The lowest BCUT2D eigenvalue weighted by Gasteiger charge is -2.19. The van der Waals surface area contributed by atoms with Crippen LogP contribution >= 0.6 is 0 Å². The first-order chi connectivity index (χ1) is 4.41. The maximum atomic E-state index is 10.4. The van der Waals surface area contributed by atoms with Gasteiger partial charge >= 0.3 is 5.97 Å². The number of carboxylic acids is 1. The SMILES string of the molecule is CC(C(=O)O)C(C)(C)C#N. The summed E-state index contributed by atoms with van der Waals surface area (Å²) in [6, 6.07) is 1.94. The van der Waals surface area contributed by atoms with Gasteiger partial charge in [-0.3, -0.25) is 4.79 Å². The van der Waals surface area contributed by atoms with Crippen molar-refractivity contribution in [3.63, 3.8) is 0 Å². The maximum Gasteiger partial charge on any atom is 0.307 e. The van der Waals surface area contributed by atoms with Crippen LogP contribution in [0, 0.1) is 22.7 Å². The average Bonchev–Trinajstić information content (AvgIpc) is 1.86. The molecule has 56 valence electrons. The molecule has 0 aromatic rings. The van der Waals surface area contributed by atoms with Crippen molar-refractivity contribution in [1.82, 2.24) is 0 Å². The Bertz CT molecular complexity index is 179. The van der Waals surface area contributed by atoms with Crippen LogP contribution in [-0.2, 0) is 4.79 Å². The van der Waals surface area contributed by atoms with Crippen LogP contribution in [0.2, 0.25) is 0 Å². The van der Waals surface area contributed by atoms with Gasteiger partial charge in [0, 0.05) is 0 Å². The molecule has 0 saturated heterocycles. The third-order valence-electron chi connectivity index (χ3n) is 1.74. The highest BCUT2D eigenvalue weighted by Crippen LogP contribution is 2.24. The molecule has 1 N–H and O–H groups in total. The van der Waals surface area contributed by atoms with Crippen molar-refractivity contribution in [3.8, 4) is 6.07 Å². The summed E-state index contributed by atoms with van der Waals surface area (Å²) in [5.41, 5.74) is -0.772. The summed E-state index contributed by atoms with van der Waals surface area (Å²) in [4.78, 5) is 10.4. The zero-order chi connectivity index (χ0) is 8.36. The number of hydrogen-bond donors (Lipinski definition) is 1. The molecule has 1 unspecified atom stereocenters. The summed E-state index contributed by atoms with van der Waals surface area (Å²) in [5, 5.41) is 17.0. The van der Waals surface area contributed by atoms with E-state index in [9.17, 15) is 4.79 Å². The van der Waals surface area contributed by atoms with Gasteiger partial charge < -0.3 is 5.11 Å². The Balaban J connectivity index is 4.37. The van der Waals surface area contributed by atoms with Crippen LogP contribution in [0.15, 0.2) is 0 Å². The van der Waals surface area contributed by atoms with Crippen molar-refractivity contribution in [2.75, 3.05) is 0 Å². The Hall–Kier alpha value is -1.04. The van der Waals surface area contributed by atoms with Crippen molar-refractivity contribution in [1.29, 1.82) is 5.26 Å². The van der Waals surface area contributed by atoms with Gasteiger partial charge in [-0.2, -0.15) is 5.26 Å². The predicted octanol–water partition coefficient (Wildman–Crippen LogP) is 1.26. The summed E-state index contributed by atoms with van der Waals surface area (Å²) in [6.07, 6.45) is 0. The van der Waals surface area contributed by atoms with Crippen molar-refractivity contribution < 1.29 is 9.90 Å². The van der Waals surface area contributed by atoms with E-state index in [0.29, 0.717) is 0 Å². The molecule has 0 aliphatic heterocycles. The monoisotopic (exact) mass is 141 g/mol. The second-order valence-corrected chi connectivity index (χ2v) is 2.89. The van der Waals surface area contributed by atoms with Crippen LogP contribution < -0.4 is 0 Å². The number of nitriles is 1. The van der Waals surface area contributed by atoms with E-state index in [1.807, 2.05) is 6.07 Å². The Morgan fingerprint density at radius 1 is 1.70 bits per heavy atom. The largest absolute Gasteiger partial charge is 0.481 e. The number of aliphatic carboxylic acids is 1. The van der Waals surface area contributed by atoms with E-state index in [-0.39, 0.29) is 0 Å². The fourth-order valence-corrected chi connectivity index (χ4v) is 0.406. The van der Waals surface area contributed by atoms with Crippen LogP contribution in [0.3, 0.4) is 0 Å². The van der Waals surface area contributed by atoms with Crippen molar-refractivity contribution in [3.05, 3.63) is 0 Å². The van der Waals surface area contributed by atoms with Crippen LogP contribution in [0.25, 0.3) is 0 Å². The van der Waals surface area contributed by atoms with Gasteiger partial charge in [0.1, 0.15) is 0 Å². The number of carbonyl (C=O) groups is 1. The predicted molar refractivity (Wildman–Crippen MR) is 36.2 cm³/mol. The molecular formula is C7H11NO2. The molecule has 10 heavy (non-hydrogen) atoms. The fourth-order valence-electron chi connectivity index (χ4n) is 0.406. The second-order valence-electron chi connectivity index (χ2n) is 2.89. The number of carboxylic acid groups (broad SMARTS) is 1. The van der Waals surface area contributed by atoms with Crippen LogP contribution in [0.4, 0.5) is 0 Å². The Morgan fingerprint density at radius 2 is 2.10 bits per heavy atom. The van der Waals surface area contributed by atoms with E-state index in [2.05, 4.69) is 0 Å². The molecular weight excluding hydrogens is 130 g/mol. The smallest absolute Gasteiger partial charge is 0.307 e. The van der Waals surface area contributed by atoms with Crippen LogP contribution in [0.5, 0.6) is 0 Å². The van der Waals surface area contributed by atoms with Crippen LogP contribution in [-0.4, -0.2) is 11.1 Å². The van der Waals surface area contributed by atoms with E-state index < -0.39 is 17.3 Å². The molecule has 0 amide bonds. The van der Waals surface area contributed by atoms with Gasteiger partial charge in [0.15, 0.2) is 0 Å². The number of nitrogens with zero attached hydrogens (tertiary/aromatic N) is 1. The zero-order valence-corrected chi connectivity index (χ0v) is 6.38. The highest BCUT2D eigenvalue weighted by Gasteiger charge is 2.30. The lowest BCUT2D eigenvalue weighted by atomic mass is 9.82. The van der Waals surface area contributed by atoms with Crippen molar-refractivity contribution >= 4 is 5.97 Å². The molecule has 0 radical (unpaired) electrons. The van der Waals surface area contributed by atoms with Crippen molar-refractivity contribution in [2.24, 2.45) is 11.3 Å². The molecule has 0 heterocycles. The summed E-state index contributed by atoms with van der Waals surface area (Å²) >= 11 is 0. The highest BCUT2D eigenvalue weighted by atomic mass is 16.4. The number of hydrogen-bond acceptors (Lipinski definition) is 2. The summed E-state index contributed by atoms with van der Waals surface area (Å²) in [7, 11) is 0. The van der Waals surface area contributed by atoms with Gasteiger partial charge in [-0.25, -0.2) is 0 Å². The molecule has 3 nitrogen and oxygen atoms in total. The standard InChI is InChI=1S/C7H11NO2/c1-5(6(9)10)7(2,3)4-8/h5H,1-3H3,(H,9,10). The fraction of sp³-hybridized carbons (Fsp3) is 0.714. The van der Waals surface area contributed by atoms with Gasteiger partial charge in [0.05, 0.1) is 17.4 Å². The van der Waals surface area contributed by atoms with Gasteiger partial charge in [0.2, 0.25) is 0 Å². The third-order valence-corrected chi connectivity index (χ3v) is 1.74. The van der Waals surface area contributed by atoms with Gasteiger partial charge in [-0.15, -0.1) is 0 Å². The van der Waals surface area contributed by atoms with E-state index in [1.54, 1.807) is 13.8 Å². The topological polar surface area (TPSA) is 61.1 Å². The molecule has 0 aliphatic rings. The first-order valence-corrected chi connectivity index (χ1v) is 3.06. The molecule has 0 rings (SSSR count). The van der Waals surface area contributed by atoms with Gasteiger partial charge in [-0.05, 0) is 13.8 Å². The molecule has 1 atom stereocenters. The van der Waals surface area contributed by atoms with Gasteiger partial charge in [-0.1, -0.05) is 6.92 Å². The quantitative estimate of drug-likeness (QED) is 0.629. The zero-order valence-electron chi connectivity index (χ0n) is 6.38. The first-order valence-electron chi connectivity index (χ1n) is 3.06. The average molecular weight is 141 g/mol. The Kier molecular flexibility index (Phi) is 2.42. The Labute approximate surface area is 60.3 Å². The molecule has 0 aliphatic carbocycles. The first kappa shape index (κ1) is 8.96. The second kappa shape index (κ2) is 2.70. The lowest BCUT2D eigenvalue weighted by Crippen LogP contribution is -2.26. The summed E-state index contributed by atoms with van der Waals surface area (Å²) < 4.78 is 0. The molecule has 3 heteroatoms. The molecule has 0 bridgehead atoms. The normalized spacial score (nSPS) is 13.8. The molecule has 0 fully saturated rings. The van der Waals surface area contributed by atoms with E-state index in [0.717, 1.165) is 0 Å². The van der Waals surface area contributed by atoms with E-state index >= 15 is 0 Å². The highest BCUT2D eigenvalue weighted by molar-refractivity contribution is 5.71. The maximum absolute atomic E-state index is 10.4. The minimum atomic E-state index is -0.924.